The van der Waals surface area contributed by atoms with E-state index in [0.717, 1.165) is 0 Å². The minimum absolute atomic E-state index is 0. The number of carbonyl (C=O) groups excluding carboxylic acids is 1. The predicted octanol–water partition coefficient (Wildman–Crippen LogP) is 0.828. The quantitative estimate of drug-likeness (QED) is 0.455. The van der Waals surface area contributed by atoms with Crippen LogP contribution in [-0.4, -0.2) is 104 Å². The van der Waals surface area contributed by atoms with Crippen molar-refractivity contribution in [2.75, 3.05) is 0 Å². The van der Waals surface area contributed by atoms with Gasteiger partial charge >= 0.3 is 93.6 Å². The van der Waals surface area contributed by atoms with Crippen molar-refractivity contribution in [2.45, 2.75) is 0 Å². The molecule has 0 aliphatic heterocycles. The number of ether oxygens (including phenoxy) is 2. The van der Waals surface area contributed by atoms with Crippen LogP contribution in [0.4, 0.5) is 4.79 Å². The molecule has 0 atom stereocenters. The average Bonchev–Trinajstić information content (AvgIpc) is 2.48. The van der Waals surface area contributed by atoms with Crippen LogP contribution >= 0.6 is 0 Å². The van der Waals surface area contributed by atoms with E-state index in [1.54, 1.807) is 0 Å². The van der Waals surface area contributed by atoms with Crippen LogP contribution in [0.5, 0.6) is 11.5 Å². The average molecular weight is 386 g/mol. The molecule has 9 heteroatoms. The number of rotatable bonds is 4. The maximum atomic E-state index is 11.5. The molecule has 2 N–H and O–H groups in total. The van der Waals surface area contributed by atoms with Gasteiger partial charge in [-0.05, 0) is 48.5 Å². The van der Waals surface area contributed by atoms with Crippen LogP contribution in [0.2, 0.25) is 0 Å². The van der Waals surface area contributed by atoms with Gasteiger partial charge in [0.2, 0.25) is 0 Å². The van der Waals surface area contributed by atoms with Crippen LogP contribution in [0.3, 0.4) is 0 Å². The van der Waals surface area contributed by atoms with Gasteiger partial charge in [-0.3, -0.25) is 0 Å². The summed E-state index contributed by atoms with van der Waals surface area (Å²) in [6.07, 6.45) is -1.02. The Hall–Kier alpha value is -0.831. The second-order valence-corrected chi connectivity index (χ2v) is 4.11. The van der Waals surface area contributed by atoms with Crippen LogP contribution in [0.1, 0.15) is 20.7 Å². The topological polar surface area (TPSA) is 110 Å². The van der Waals surface area contributed by atoms with Gasteiger partial charge in [0.25, 0.3) is 0 Å². The van der Waals surface area contributed by atoms with Crippen LogP contribution < -0.4 is 9.47 Å². The second-order valence-electron chi connectivity index (χ2n) is 4.11. The van der Waals surface area contributed by atoms with E-state index in [2.05, 4.69) is 0 Å². The monoisotopic (exact) mass is 386 g/mol. The number of hydrogen-bond donors (Lipinski definition) is 2. The molecule has 2 aromatic rings. The molecule has 0 heterocycles. The van der Waals surface area contributed by atoms with Crippen molar-refractivity contribution in [2.24, 2.45) is 0 Å². The summed E-state index contributed by atoms with van der Waals surface area (Å²) in [6, 6.07) is 10.4. The van der Waals surface area contributed by atoms with E-state index in [1.165, 1.54) is 48.5 Å². The van der Waals surface area contributed by atoms with Crippen molar-refractivity contribution in [3.63, 3.8) is 0 Å². The van der Waals surface area contributed by atoms with E-state index in [0.29, 0.717) is 0 Å². The summed E-state index contributed by atoms with van der Waals surface area (Å²) in [7, 11) is 0. The van der Waals surface area contributed by atoms with Crippen molar-refractivity contribution in [3.05, 3.63) is 59.7 Å². The molecule has 0 aromatic heterocycles. The molecule has 0 amide bonds. The third-order valence-electron chi connectivity index (χ3n) is 2.60. The van der Waals surface area contributed by atoms with Crippen LogP contribution in [0.15, 0.2) is 48.5 Å². The summed E-state index contributed by atoms with van der Waals surface area (Å²) < 4.78 is 9.72. The van der Waals surface area contributed by atoms with E-state index >= 15 is 0 Å². The van der Waals surface area contributed by atoms with Crippen molar-refractivity contribution in [3.8, 4) is 11.5 Å². The summed E-state index contributed by atoms with van der Waals surface area (Å²) >= 11 is 0. The second kappa shape index (κ2) is 10.9. The summed E-state index contributed by atoms with van der Waals surface area (Å²) in [5.41, 5.74) is 0.120. The fourth-order valence-electron chi connectivity index (χ4n) is 1.54. The Morgan fingerprint density at radius 2 is 0.917 bits per heavy atom. The van der Waals surface area contributed by atoms with Gasteiger partial charge in [0.15, 0.2) is 0 Å². The Balaban J connectivity index is 0.00000264. The third-order valence-corrected chi connectivity index (χ3v) is 2.60. The van der Waals surface area contributed by atoms with E-state index in [1.807, 2.05) is 0 Å². The van der Waals surface area contributed by atoms with Crippen molar-refractivity contribution >= 4 is 93.6 Å². The predicted molar refractivity (Wildman–Crippen MR) is 90.5 cm³/mol. The molecule has 2 aromatic carbocycles. The molecule has 0 aliphatic rings. The summed E-state index contributed by atoms with van der Waals surface area (Å²) in [6.45, 7) is 0. The normalized spacial score (nSPS) is 9.00. The first-order valence-electron chi connectivity index (χ1n) is 6.02. The Bertz CT molecular complexity index is 650. The third kappa shape index (κ3) is 6.96. The molecule has 0 fully saturated rings. The first-order chi connectivity index (χ1) is 10.5. The van der Waals surface area contributed by atoms with Gasteiger partial charge in [0, 0.05) is 0 Å². The Morgan fingerprint density at radius 3 is 1.17 bits per heavy atom. The van der Waals surface area contributed by atoms with Crippen LogP contribution in [0.25, 0.3) is 0 Å². The molecule has 0 unspecified atom stereocenters. The zero-order valence-electron chi connectivity index (χ0n) is 11.1. The molecule has 0 radical (unpaired) electrons. The fraction of sp³-hybridized carbons (Fsp3) is 0. The van der Waals surface area contributed by atoms with Gasteiger partial charge in [-0.15, -0.1) is 0 Å². The van der Waals surface area contributed by atoms with E-state index in [-0.39, 0.29) is 98.1 Å². The van der Waals surface area contributed by atoms with Gasteiger partial charge in [-0.1, -0.05) is 0 Å². The summed E-state index contributed by atoms with van der Waals surface area (Å²) in [5.74, 6) is -1.94. The zero-order chi connectivity index (χ0) is 16.1. The standard InChI is InChI=1S/C15H10O7.2Ca.4H/c16-13(17)9-1-5-11(6-2-9)21-15(20)22-12-7-3-10(4-8-12)14(18)19;;;;;;/h1-8H,(H,16,17)(H,18,19);;;;;;. The van der Waals surface area contributed by atoms with Gasteiger partial charge in [0.1, 0.15) is 11.5 Å². The number of aromatic carboxylic acids is 2. The Morgan fingerprint density at radius 1 is 0.625 bits per heavy atom. The van der Waals surface area contributed by atoms with Crippen molar-refractivity contribution in [1.82, 2.24) is 0 Å². The van der Waals surface area contributed by atoms with Gasteiger partial charge in [0.05, 0.1) is 11.1 Å². The van der Waals surface area contributed by atoms with E-state index < -0.39 is 18.1 Å². The van der Waals surface area contributed by atoms with Gasteiger partial charge in [-0.25, -0.2) is 14.4 Å². The van der Waals surface area contributed by atoms with Crippen LogP contribution in [-0.2, 0) is 0 Å². The number of hydrogen-bond acceptors (Lipinski definition) is 5. The van der Waals surface area contributed by atoms with E-state index in [4.69, 9.17) is 19.7 Å². The SMILES string of the molecule is O=C(Oc1ccc(C(=O)O)cc1)Oc1ccc(C(=O)O)cc1.[CaH2].[CaH2]. The number of carboxylic acids is 2. The van der Waals surface area contributed by atoms with Gasteiger partial charge in [-0.2, -0.15) is 0 Å². The first kappa shape index (κ1) is 23.2. The Kier molecular flexibility index (Phi) is 10.5. The molecular formula is C15H14Ca2O7. The Labute approximate surface area is 196 Å². The summed E-state index contributed by atoms with van der Waals surface area (Å²) in [5, 5.41) is 17.5. The molecule has 2 rings (SSSR count). The van der Waals surface area contributed by atoms with Crippen molar-refractivity contribution < 1.29 is 34.1 Å². The van der Waals surface area contributed by atoms with Gasteiger partial charge < -0.3 is 19.7 Å². The first-order valence-corrected chi connectivity index (χ1v) is 6.02. The number of carbonyl (C=O) groups is 3. The number of carboxylic acid groups (broad SMARTS) is 2. The molecular weight excluding hydrogens is 372 g/mol. The number of benzene rings is 2. The molecule has 7 nitrogen and oxygen atoms in total. The molecule has 0 bridgehead atoms. The molecule has 0 aliphatic carbocycles. The van der Waals surface area contributed by atoms with Crippen LogP contribution in [0, 0.1) is 0 Å². The van der Waals surface area contributed by atoms with E-state index in [9.17, 15) is 14.4 Å². The molecule has 0 saturated heterocycles. The maximum absolute atomic E-state index is 11.5. The zero-order valence-corrected chi connectivity index (χ0v) is 11.1. The molecule has 24 heavy (non-hydrogen) atoms. The summed E-state index contributed by atoms with van der Waals surface area (Å²) in [4.78, 5) is 32.9. The molecule has 120 valence electrons. The molecule has 0 saturated carbocycles. The fourth-order valence-corrected chi connectivity index (χ4v) is 1.54. The molecule has 0 spiro atoms. The van der Waals surface area contributed by atoms with Crippen molar-refractivity contribution in [1.29, 1.82) is 0 Å². The minimum atomic E-state index is -1.09.